The Morgan fingerprint density at radius 1 is 1.31 bits per heavy atom. The van der Waals surface area contributed by atoms with Crippen molar-refractivity contribution in [3.05, 3.63) is 35.4 Å². The minimum absolute atomic E-state index is 0.185. The average Bonchev–Trinajstić information content (AvgIpc) is 2.44. The zero-order valence-electron chi connectivity index (χ0n) is 7.06. The van der Waals surface area contributed by atoms with Crippen LogP contribution in [0.2, 0.25) is 0 Å². The minimum atomic E-state index is -1.18. The van der Waals surface area contributed by atoms with Gasteiger partial charge in [0.25, 0.3) is 0 Å². The van der Waals surface area contributed by atoms with Crippen LogP contribution in [0.4, 0.5) is 4.79 Å². The van der Waals surface area contributed by atoms with Gasteiger partial charge in [-0.3, -0.25) is 0 Å². The van der Waals surface area contributed by atoms with E-state index in [-0.39, 0.29) is 6.10 Å². The maximum absolute atomic E-state index is 10.3. The first-order chi connectivity index (χ1) is 6.25. The second kappa shape index (κ2) is 3.09. The van der Waals surface area contributed by atoms with Crippen molar-refractivity contribution in [3.8, 4) is 0 Å². The molecule has 0 amide bonds. The van der Waals surface area contributed by atoms with E-state index in [1.54, 1.807) is 0 Å². The number of benzene rings is 1. The SMILES string of the molecule is O=C(O)OC1Cc2ccccc2C1. The summed E-state index contributed by atoms with van der Waals surface area (Å²) in [5.74, 6) is 0. The van der Waals surface area contributed by atoms with E-state index in [4.69, 9.17) is 9.84 Å². The average molecular weight is 178 g/mol. The Morgan fingerprint density at radius 2 is 1.85 bits per heavy atom. The summed E-state index contributed by atoms with van der Waals surface area (Å²) in [4.78, 5) is 10.3. The van der Waals surface area contributed by atoms with Crippen molar-refractivity contribution in [3.63, 3.8) is 0 Å². The fourth-order valence-corrected chi connectivity index (χ4v) is 1.74. The summed E-state index contributed by atoms with van der Waals surface area (Å²) in [5.41, 5.74) is 2.41. The van der Waals surface area contributed by atoms with Crippen LogP contribution in [-0.2, 0) is 17.6 Å². The molecule has 68 valence electrons. The fraction of sp³-hybridized carbons (Fsp3) is 0.300. The molecule has 0 spiro atoms. The minimum Gasteiger partial charge on any atom is -0.450 e. The van der Waals surface area contributed by atoms with Crippen LogP contribution in [0.3, 0.4) is 0 Å². The van der Waals surface area contributed by atoms with Crippen molar-refractivity contribution in [1.29, 1.82) is 0 Å². The summed E-state index contributed by atoms with van der Waals surface area (Å²) < 4.78 is 4.71. The lowest BCUT2D eigenvalue weighted by atomic mass is 10.1. The molecule has 1 aliphatic carbocycles. The molecule has 0 unspecified atom stereocenters. The summed E-state index contributed by atoms with van der Waals surface area (Å²) in [6, 6.07) is 7.95. The molecule has 1 aliphatic rings. The molecule has 0 atom stereocenters. The van der Waals surface area contributed by atoms with E-state index in [0.29, 0.717) is 12.8 Å². The molecule has 2 rings (SSSR count). The van der Waals surface area contributed by atoms with Crippen molar-refractivity contribution < 1.29 is 14.6 Å². The number of carbonyl (C=O) groups is 1. The summed E-state index contributed by atoms with van der Waals surface area (Å²) >= 11 is 0. The lowest BCUT2D eigenvalue weighted by molar-refractivity contribution is 0.0560. The maximum Gasteiger partial charge on any atom is 0.506 e. The van der Waals surface area contributed by atoms with Gasteiger partial charge in [-0.05, 0) is 11.1 Å². The third kappa shape index (κ3) is 1.64. The molecule has 0 bridgehead atoms. The molecule has 0 aromatic heterocycles. The monoisotopic (exact) mass is 178 g/mol. The summed E-state index contributed by atoms with van der Waals surface area (Å²) in [6.07, 6.45) is 0.0537. The normalized spacial score (nSPS) is 15.4. The smallest absolute Gasteiger partial charge is 0.450 e. The first-order valence-electron chi connectivity index (χ1n) is 4.22. The van der Waals surface area contributed by atoms with Gasteiger partial charge in [0.1, 0.15) is 6.10 Å². The highest BCUT2D eigenvalue weighted by Crippen LogP contribution is 2.23. The highest BCUT2D eigenvalue weighted by atomic mass is 16.7. The Bertz CT molecular complexity index is 308. The highest BCUT2D eigenvalue weighted by molar-refractivity contribution is 5.57. The van der Waals surface area contributed by atoms with E-state index in [9.17, 15) is 4.79 Å². The zero-order chi connectivity index (χ0) is 9.26. The van der Waals surface area contributed by atoms with Crippen LogP contribution in [0.1, 0.15) is 11.1 Å². The molecule has 1 aromatic rings. The molecule has 3 nitrogen and oxygen atoms in total. The zero-order valence-corrected chi connectivity index (χ0v) is 7.06. The van der Waals surface area contributed by atoms with Gasteiger partial charge in [0, 0.05) is 12.8 Å². The number of carboxylic acid groups (broad SMARTS) is 1. The van der Waals surface area contributed by atoms with Gasteiger partial charge in [-0.25, -0.2) is 4.79 Å². The van der Waals surface area contributed by atoms with Crippen molar-refractivity contribution in [2.75, 3.05) is 0 Å². The predicted octanol–water partition coefficient (Wildman–Crippen LogP) is 1.85. The molecule has 0 aliphatic heterocycles. The van der Waals surface area contributed by atoms with Crippen molar-refractivity contribution >= 4 is 6.16 Å². The van der Waals surface area contributed by atoms with Gasteiger partial charge in [-0.1, -0.05) is 24.3 Å². The first-order valence-corrected chi connectivity index (χ1v) is 4.22. The topological polar surface area (TPSA) is 46.5 Å². The highest BCUT2D eigenvalue weighted by Gasteiger charge is 2.23. The van der Waals surface area contributed by atoms with Crippen LogP contribution >= 0.6 is 0 Å². The van der Waals surface area contributed by atoms with Gasteiger partial charge in [-0.15, -0.1) is 0 Å². The quantitative estimate of drug-likeness (QED) is 0.667. The molecule has 0 heterocycles. The first kappa shape index (κ1) is 8.10. The molecule has 0 saturated heterocycles. The fourth-order valence-electron chi connectivity index (χ4n) is 1.74. The third-order valence-corrected chi connectivity index (χ3v) is 2.28. The Morgan fingerprint density at radius 3 is 2.31 bits per heavy atom. The Hall–Kier alpha value is -1.51. The number of hydrogen-bond acceptors (Lipinski definition) is 2. The molecule has 3 heteroatoms. The predicted molar refractivity (Wildman–Crippen MR) is 46.7 cm³/mol. The third-order valence-electron chi connectivity index (χ3n) is 2.28. The van der Waals surface area contributed by atoms with Gasteiger partial charge in [0.2, 0.25) is 0 Å². The number of hydrogen-bond donors (Lipinski definition) is 1. The van der Waals surface area contributed by atoms with Gasteiger partial charge in [0.05, 0.1) is 0 Å². The van der Waals surface area contributed by atoms with E-state index >= 15 is 0 Å². The van der Waals surface area contributed by atoms with Gasteiger partial charge in [-0.2, -0.15) is 0 Å². The largest absolute Gasteiger partial charge is 0.506 e. The van der Waals surface area contributed by atoms with E-state index < -0.39 is 6.16 Å². The second-order valence-corrected chi connectivity index (χ2v) is 3.18. The van der Waals surface area contributed by atoms with Crippen LogP contribution in [0.25, 0.3) is 0 Å². The van der Waals surface area contributed by atoms with E-state index in [2.05, 4.69) is 0 Å². The van der Waals surface area contributed by atoms with E-state index in [1.165, 1.54) is 11.1 Å². The Kier molecular flexibility index (Phi) is 1.93. The standard InChI is InChI=1S/C10H10O3/c11-10(12)13-9-5-7-3-1-2-4-8(7)6-9/h1-4,9H,5-6H2,(H,11,12). The molecule has 13 heavy (non-hydrogen) atoms. The molecular formula is C10H10O3. The number of ether oxygens (including phenoxy) is 1. The van der Waals surface area contributed by atoms with E-state index in [0.717, 1.165) is 0 Å². The molecule has 1 N–H and O–H groups in total. The molecule has 0 fully saturated rings. The molecule has 0 radical (unpaired) electrons. The van der Waals surface area contributed by atoms with Crippen LogP contribution in [0.5, 0.6) is 0 Å². The second-order valence-electron chi connectivity index (χ2n) is 3.18. The van der Waals surface area contributed by atoms with Gasteiger partial charge >= 0.3 is 6.16 Å². The van der Waals surface area contributed by atoms with Crippen LogP contribution in [0, 0.1) is 0 Å². The Balaban J connectivity index is 2.09. The number of fused-ring (bicyclic) bond motifs is 1. The summed E-state index contributed by atoms with van der Waals surface area (Å²) in [7, 11) is 0. The summed E-state index contributed by atoms with van der Waals surface area (Å²) in [6.45, 7) is 0. The van der Waals surface area contributed by atoms with Gasteiger partial charge in [0.15, 0.2) is 0 Å². The summed E-state index contributed by atoms with van der Waals surface area (Å²) in [5, 5.41) is 8.43. The maximum atomic E-state index is 10.3. The molecule has 1 aromatic carbocycles. The Labute approximate surface area is 76.0 Å². The van der Waals surface area contributed by atoms with Gasteiger partial charge < -0.3 is 9.84 Å². The van der Waals surface area contributed by atoms with E-state index in [1.807, 2.05) is 24.3 Å². The van der Waals surface area contributed by atoms with Crippen molar-refractivity contribution in [1.82, 2.24) is 0 Å². The van der Waals surface area contributed by atoms with Crippen molar-refractivity contribution in [2.45, 2.75) is 18.9 Å². The lowest BCUT2D eigenvalue weighted by Crippen LogP contribution is -2.16. The lowest BCUT2D eigenvalue weighted by Gasteiger charge is -2.06. The molecular weight excluding hydrogens is 168 g/mol. The number of rotatable bonds is 1. The van der Waals surface area contributed by atoms with Crippen LogP contribution in [-0.4, -0.2) is 17.4 Å². The van der Waals surface area contributed by atoms with Crippen LogP contribution in [0.15, 0.2) is 24.3 Å². The van der Waals surface area contributed by atoms with Crippen molar-refractivity contribution in [2.24, 2.45) is 0 Å². The van der Waals surface area contributed by atoms with Crippen LogP contribution < -0.4 is 0 Å². The molecule has 0 saturated carbocycles.